The molecule has 2 heteroatoms. The van der Waals surface area contributed by atoms with Gasteiger partial charge in [0.1, 0.15) is 0 Å². The Balaban J connectivity index is 1.74. The van der Waals surface area contributed by atoms with Gasteiger partial charge in [-0.05, 0) is 29.7 Å². The van der Waals surface area contributed by atoms with E-state index in [4.69, 9.17) is 0 Å². The molecule has 0 spiro atoms. The van der Waals surface area contributed by atoms with Gasteiger partial charge in [-0.3, -0.25) is 0 Å². The second kappa shape index (κ2) is 4.32. The average Bonchev–Trinajstić information content (AvgIpc) is 2.70. The summed E-state index contributed by atoms with van der Waals surface area (Å²) in [5.41, 5.74) is 1.60. The molecule has 2 aliphatic rings. The minimum atomic E-state index is -0.218. The maximum Gasteiger partial charge on any atom is 0.0754 e. The van der Waals surface area contributed by atoms with Gasteiger partial charge in [0.15, 0.2) is 0 Å². The van der Waals surface area contributed by atoms with Crippen molar-refractivity contribution in [1.29, 1.82) is 0 Å². The van der Waals surface area contributed by atoms with E-state index in [1.54, 1.807) is 0 Å². The molecule has 4 unspecified atom stereocenters. The zero-order valence-electron chi connectivity index (χ0n) is 12.2. The fourth-order valence-electron chi connectivity index (χ4n) is 4.42. The first-order valence-corrected chi connectivity index (χ1v) is 7.42. The van der Waals surface area contributed by atoms with Crippen LogP contribution < -0.4 is 5.32 Å². The lowest BCUT2D eigenvalue weighted by molar-refractivity contribution is -0.000176. The Labute approximate surface area is 116 Å². The zero-order valence-corrected chi connectivity index (χ0v) is 12.2. The number of fused-ring (bicyclic) bond motifs is 2. The molecule has 2 fully saturated rings. The maximum absolute atomic E-state index is 10.7. The van der Waals surface area contributed by atoms with E-state index in [0.717, 1.165) is 13.0 Å². The third-order valence-electron chi connectivity index (χ3n) is 6.18. The zero-order chi connectivity index (χ0) is 13.7. The quantitative estimate of drug-likeness (QED) is 0.874. The van der Waals surface area contributed by atoms with Crippen LogP contribution in [-0.2, 0) is 6.54 Å². The highest BCUT2D eigenvalue weighted by Crippen LogP contribution is 2.65. The van der Waals surface area contributed by atoms with E-state index in [1.807, 2.05) is 6.07 Å². The van der Waals surface area contributed by atoms with Crippen molar-refractivity contribution in [2.24, 2.45) is 16.7 Å². The first-order valence-electron chi connectivity index (χ1n) is 7.42. The van der Waals surface area contributed by atoms with E-state index >= 15 is 0 Å². The van der Waals surface area contributed by atoms with Gasteiger partial charge in [0.05, 0.1) is 6.10 Å². The first kappa shape index (κ1) is 13.1. The van der Waals surface area contributed by atoms with Crippen molar-refractivity contribution in [3.05, 3.63) is 35.9 Å². The van der Waals surface area contributed by atoms with Crippen LogP contribution in [0.2, 0.25) is 0 Å². The largest absolute Gasteiger partial charge is 0.391 e. The van der Waals surface area contributed by atoms with Gasteiger partial charge in [-0.15, -0.1) is 0 Å². The molecule has 0 radical (unpaired) electrons. The van der Waals surface area contributed by atoms with E-state index in [9.17, 15) is 5.11 Å². The predicted octanol–water partition coefficient (Wildman–Crippen LogP) is 2.96. The van der Waals surface area contributed by atoms with Crippen LogP contribution in [0.25, 0.3) is 0 Å². The van der Waals surface area contributed by atoms with Crippen molar-refractivity contribution in [3.63, 3.8) is 0 Å². The van der Waals surface area contributed by atoms with Crippen molar-refractivity contribution >= 4 is 0 Å². The molecule has 2 aliphatic carbocycles. The molecule has 2 nitrogen and oxygen atoms in total. The molecule has 0 amide bonds. The Kier molecular flexibility index (Phi) is 2.99. The van der Waals surface area contributed by atoms with Crippen LogP contribution in [0.4, 0.5) is 0 Å². The lowest BCUT2D eigenvalue weighted by Gasteiger charge is -2.37. The summed E-state index contributed by atoms with van der Waals surface area (Å²) >= 11 is 0. The summed E-state index contributed by atoms with van der Waals surface area (Å²) in [7, 11) is 0. The summed E-state index contributed by atoms with van der Waals surface area (Å²) in [4.78, 5) is 0. The number of aliphatic hydroxyl groups is 1. The molecule has 1 aromatic rings. The molecule has 2 saturated carbocycles. The highest BCUT2D eigenvalue weighted by atomic mass is 16.3. The minimum Gasteiger partial charge on any atom is -0.391 e. The highest BCUT2D eigenvalue weighted by Gasteiger charge is 2.65. The smallest absolute Gasteiger partial charge is 0.0754 e. The summed E-state index contributed by atoms with van der Waals surface area (Å²) in [6.45, 7) is 7.78. The van der Waals surface area contributed by atoms with Crippen LogP contribution in [0.15, 0.2) is 30.3 Å². The average molecular weight is 259 g/mol. The van der Waals surface area contributed by atoms with Crippen molar-refractivity contribution in [3.8, 4) is 0 Å². The molecule has 2 N–H and O–H groups in total. The van der Waals surface area contributed by atoms with E-state index < -0.39 is 0 Å². The van der Waals surface area contributed by atoms with E-state index in [2.05, 4.69) is 50.4 Å². The molecule has 104 valence electrons. The SMILES string of the molecule is CC1(C)C2CCC1(C)C(O)C2NCc1ccccc1. The normalized spacial score (nSPS) is 39.7. The second-order valence-corrected chi connectivity index (χ2v) is 7.12. The van der Waals surface area contributed by atoms with Crippen LogP contribution in [0.1, 0.15) is 39.2 Å². The van der Waals surface area contributed by atoms with Gasteiger partial charge >= 0.3 is 0 Å². The van der Waals surface area contributed by atoms with E-state index in [0.29, 0.717) is 5.92 Å². The van der Waals surface area contributed by atoms with Crippen LogP contribution in [0.5, 0.6) is 0 Å². The predicted molar refractivity (Wildman–Crippen MR) is 77.7 cm³/mol. The summed E-state index contributed by atoms with van der Waals surface area (Å²) < 4.78 is 0. The lowest BCUT2D eigenvalue weighted by Crippen LogP contribution is -2.46. The number of nitrogens with one attached hydrogen (secondary N) is 1. The van der Waals surface area contributed by atoms with Gasteiger partial charge in [-0.2, -0.15) is 0 Å². The van der Waals surface area contributed by atoms with Gasteiger partial charge in [0.2, 0.25) is 0 Å². The maximum atomic E-state index is 10.7. The van der Waals surface area contributed by atoms with Crippen LogP contribution in [-0.4, -0.2) is 17.3 Å². The minimum absolute atomic E-state index is 0.0754. The molecule has 2 bridgehead atoms. The van der Waals surface area contributed by atoms with Gasteiger partial charge < -0.3 is 10.4 Å². The summed E-state index contributed by atoms with van der Waals surface area (Å²) in [5.74, 6) is 0.594. The molecule has 3 rings (SSSR count). The number of aliphatic hydroxyl groups excluding tert-OH is 1. The van der Waals surface area contributed by atoms with E-state index in [1.165, 1.54) is 12.0 Å². The number of rotatable bonds is 3. The number of benzene rings is 1. The van der Waals surface area contributed by atoms with Crippen LogP contribution in [0, 0.1) is 16.7 Å². The molecule has 19 heavy (non-hydrogen) atoms. The Morgan fingerprint density at radius 3 is 2.47 bits per heavy atom. The molecular weight excluding hydrogens is 234 g/mol. The van der Waals surface area contributed by atoms with Crippen molar-refractivity contribution < 1.29 is 5.11 Å². The number of hydrogen-bond donors (Lipinski definition) is 2. The van der Waals surface area contributed by atoms with E-state index in [-0.39, 0.29) is 23.0 Å². The monoisotopic (exact) mass is 259 g/mol. The molecule has 0 aromatic heterocycles. The molecule has 0 saturated heterocycles. The van der Waals surface area contributed by atoms with Crippen molar-refractivity contribution in [2.75, 3.05) is 0 Å². The topological polar surface area (TPSA) is 32.3 Å². The fraction of sp³-hybridized carbons (Fsp3) is 0.647. The molecule has 0 aliphatic heterocycles. The third kappa shape index (κ3) is 1.77. The van der Waals surface area contributed by atoms with Crippen molar-refractivity contribution in [2.45, 2.75) is 52.3 Å². The van der Waals surface area contributed by atoms with Gasteiger partial charge in [0.25, 0.3) is 0 Å². The molecule has 1 aromatic carbocycles. The number of hydrogen-bond acceptors (Lipinski definition) is 2. The Bertz CT molecular complexity index is 456. The second-order valence-electron chi connectivity index (χ2n) is 7.12. The highest BCUT2D eigenvalue weighted by molar-refractivity contribution is 5.19. The summed E-state index contributed by atoms with van der Waals surface area (Å²) in [6.07, 6.45) is 2.19. The fourth-order valence-corrected chi connectivity index (χ4v) is 4.42. The lowest BCUT2D eigenvalue weighted by atomic mass is 9.70. The van der Waals surface area contributed by atoms with Crippen LogP contribution in [0.3, 0.4) is 0 Å². The Morgan fingerprint density at radius 2 is 1.89 bits per heavy atom. The third-order valence-corrected chi connectivity index (χ3v) is 6.18. The summed E-state index contributed by atoms with van der Waals surface area (Å²) in [6, 6.07) is 10.7. The Hall–Kier alpha value is -0.860. The molecule has 0 heterocycles. The van der Waals surface area contributed by atoms with Gasteiger partial charge in [-0.1, -0.05) is 51.1 Å². The molecule has 4 atom stereocenters. The van der Waals surface area contributed by atoms with Crippen molar-refractivity contribution in [1.82, 2.24) is 5.32 Å². The molecular formula is C17H25NO. The Morgan fingerprint density at radius 1 is 1.21 bits per heavy atom. The van der Waals surface area contributed by atoms with Crippen LogP contribution >= 0.6 is 0 Å². The standard InChI is InChI=1S/C17H25NO/c1-16(2)13-9-10-17(16,3)15(19)14(13)18-11-12-7-5-4-6-8-12/h4-8,13-15,18-19H,9-11H2,1-3H3. The summed E-state index contributed by atoms with van der Waals surface area (Å²) in [5, 5.41) is 14.3. The van der Waals surface area contributed by atoms with Gasteiger partial charge in [-0.25, -0.2) is 0 Å². The first-order chi connectivity index (χ1) is 8.97. The van der Waals surface area contributed by atoms with Gasteiger partial charge in [0, 0.05) is 18.0 Å².